The molecule has 0 radical (unpaired) electrons. The van der Waals surface area contributed by atoms with E-state index in [0.717, 1.165) is 0 Å². The van der Waals surface area contributed by atoms with Crippen molar-refractivity contribution >= 4 is 21.8 Å². The van der Waals surface area contributed by atoms with Crippen LogP contribution in [0.2, 0.25) is 0 Å². The first-order valence-corrected chi connectivity index (χ1v) is 4.42. The molecular weight excluding hydrogens is 240 g/mol. The van der Waals surface area contributed by atoms with Gasteiger partial charge in [0.2, 0.25) is 5.91 Å². The van der Waals surface area contributed by atoms with Gasteiger partial charge in [-0.25, -0.2) is 5.06 Å². The van der Waals surface area contributed by atoms with Crippen LogP contribution in [0, 0.1) is 0 Å². The fraction of sp³-hybridized carbons (Fsp3) is 0.571. The summed E-state index contributed by atoms with van der Waals surface area (Å²) in [5.41, 5.74) is 5.17. The van der Waals surface area contributed by atoms with Gasteiger partial charge in [-0.15, -0.1) is 0 Å². The lowest BCUT2D eigenvalue weighted by molar-refractivity contribution is -0.123. The van der Waals surface area contributed by atoms with Gasteiger partial charge in [-0.05, 0) is 6.92 Å². The quantitative estimate of drug-likeness (QED) is 0.733. The highest BCUT2D eigenvalue weighted by Crippen LogP contribution is 2.30. The Kier molecular flexibility index (Phi) is 2.82. The number of carbonyl (C=O) groups excluding carboxylic acids is 1. The Morgan fingerprint density at radius 1 is 1.92 bits per heavy atom. The molecule has 0 saturated carbocycles. The van der Waals surface area contributed by atoms with E-state index in [1.807, 2.05) is 0 Å². The van der Waals surface area contributed by atoms with Crippen LogP contribution in [0.4, 0.5) is 0 Å². The third-order valence-electron chi connectivity index (χ3n) is 1.77. The molecule has 2 N–H and O–H groups in total. The second kappa shape index (κ2) is 3.55. The van der Waals surface area contributed by atoms with Gasteiger partial charge < -0.3 is 10.5 Å². The summed E-state index contributed by atoms with van der Waals surface area (Å²) in [6.07, 6.45) is 1.58. The number of primary amides is 1. The Labute approximate surface area is 84.5 Å². The summed E-state index contributed by atoms with van der Waals surface area (Å²) in [4.78, 5) is 15.9. The molecule has 0 aromatic carbocycles. The maximum absolute atomic E-state index is 11.0. The molecule has 0 fully saturated rings. The first-order valence-electron chi connectivity index (χ1n) is 3.63. The number of ether oxygens (including phenoxy) is 1. The lowest BCUT2D eigenvalue weighted by Gasteiger charge is -2.17. The first kappa shape index (κ1) is 10.3. The number of amides is 1. The third-order valence-corrected chi connectivity index (χ3v) is 2.55. The van der Waals surface area contributed by atoms with E-state index in [1.165, 1.54) is 12.2 Å². The van der Waals surface area contributed by atoms with Crippen LogP contribution in [-0.4, -0.2) is 29.1 Å². The summed E-state index contributed by atoms with van der Waals surface area (Å²) < 4.78 is 4.22. The maximum atomic E-state index is 11.0. The largest absolute Gasteiger partial charge is 0.472 e. The minimum atomic E-state index is -0.972. The van der Waals surface area contributed by atoms with Crippen molar-refractivity contribution in [1.29, 1.82) is 0 Å². The molecule has 6 heteroatoms. The van der Waals surface area contributed by atoms with Crippen molar-refractivity contribution in [2.24, 2.45) is 5.73 Å². The van der Waals surface area contributed by atoms with Gasteiger partial charge in [-0.1, -0.05) is 15.9 Å². The Morgan fingerprint density at radius 2 is 2.54 bits per heavy atom. The van der Waals surface area contributed by atoms with Crippen LogP contribution >= 0.6 is 15.9 Å². The summed E-state index contributed by atoms with van der Waals surface area (Å²) in [6, 6.07) is 0. The standard InChI is InChI=1S/C7H11BrN2O3/c1-7(8,6(9)11)5-3-10(12-2)4-13-5/h3H,4H2,1-2H3,(H2,9,11). The fourth-order valence-electron chi connectivity index (χ4n) is 0.822. The molecule has 1 amide bonds. The summed E-state index contributed by atoms with van der Waals surface area (Å²) in [5, 5.41) is 1.46. The number of halogens is 1. The van der Waals surface area contributed by atoms with Crippen molar-refractivity contribution < 1.29 is 14.4 Å². The molecule has 0 aliphatic carbocycles. The Bertz CT molecular complexity index is 252. The molecule has 0 aromatic rings. The van der Waals surface area contributed by atoms with Crippen molar-refractivity contribution in [2.45, 2.75) is 11.2 Å². The van der Waals surface area contributed by atoms with Gasteiger partial charge in [-0.2, -0.15) is 0 Å². The number of hydrogen-bond acceptors (Lipinski definition) is 4. The number of carbonyl (C=O) groups is 1. The van der Waals surface area contributed by atoms with E-state index < -0.39 is 10.2 Å². The average Bonchev–Trinajstić information content (AvgIpc) is 2.51. The van der Waals surface area contributed by atoms with Crippen molar-refractivity contribution in [3.63, 3.8) is 0 Å². The highest BCUT2D eigenvalue weighted by atomic mass is 79.9. The number of nitrogens with zero attached hydrogens (tertiary/aromatic N) is 1. The molecule has 1 unspecified atom stereocenters. The predicted octanol–water partition coefficient (Wildman–Crippen LogP) is 0.318. The highest BCUT2D eigenvalue weighted by Gasteiger charge is 2.37. The van der Waals surface area contributed by atoms with E-state index in [1.54, 1.807) is 13.1 Å². The number of hydroxylamine groups is 2. The van der Waals surface area contributed by atoms with E-state index in [0.29, 0.717) is 5.76 Å². The molecule has 5 nitrogen and oxygen atoms in total. The molecule has 1 aliphatic rings. The second-order valence-electron chi connectivity index (χ2n) is 2.73. The maximum Gasteiger partial charge on any atom is 0.241 e. The van der Waals surface area contributed by atoms with Crippen LogP contribution in [0.5, 0.6) is 0 Å². The zero-order chi connectivity index (χ0) is 10.1. The van der Waals surface area contributed by atoms with Crippen molar-refractivity contribution in [3.8, 4) is 0 Å². The fourth-order valence-corrected chi connectivity index (χ4v) is 1.04. The molecule has 0 spiro atoms. The molecule has 1 atom stereocenters. The molecule has 1 heterocycles. The topological polar surface area (TPSA) is 64.8 Å². The monoisotopic (exact) mass is 250 g/mol. The molecule has 0 bridgehead atoms. The second-order valence-corrected chi connectivity index (χ2v) is 4.32. The molecular formula is C7H11BrN2O3. The van der Waals surface area contributed by atoms with E-state index in [4.69, 9.17) is 15.3 Å². The average molecular weight is 251 g/mol. The minimum absolute atomic E-state index is 0.264. The van der Waals surface area contributed by atoms with Gasteiger partial charge in [0.1, 0.15) is 5.76 Å². The molecule has 1 rings (SSSR count). The van der Waals surface area contributed by atoms with Crippen molar-refractivity contribution in [3.05, 3.63) is 12.0 Å². The predicted molar refractivity (Wildman–Crippen MR) is 49.4 cm³/mol. The number of hydrogen-bond donors (Lipinski definition) is 1. The zero-order valence-corrected chi connectivity index (χ0v) is 9.00. The van der Waals surface area contributed by atoms with Crippen LogP contribution < -0.4 is 5.73 Å². The third kappa shape index (κ3) is 1.94. The van der Waals surface area contributed by atoms with Crippen LogP contribution in [0.1, 0.15) is 6.92 Å². The molecule has 13 heavy (non-hydrogen) atoms. The Hall–Kier alpha value is -0.750. The van der Waals surface area contributed by atoms with Gasteiger partial charge in [0, 0.05) is 0 Å². The Balaban J connectivity index is 2.79. The zero-order valence-electron chi connectivity index (χ0n) is 7.41. The summed E-state index contributed by atoms with van der Waals surface area (Å²) in [5.74, 6) is -0.0569. The van der Waals surface area contributed by atoms with Crippen molar-refractivity contribution in [1.82, 2.24) is 5.06 Å². The first-order chi connectivity index (χ1) is 5.98. The molecule has 74 valence electrons. The molecule has 1 aliphatic heterocycles. The summed E-state index contributed by atoms with van der Waals surface area (Å²) in [6.45, 7) is 1.89. The molecule has 0 aromatic heterocycles. The van der Waals surface area contributed by atoms with E-state index in [2.05, 4.69) is 15.9 Å². The molecule has 0 saturated heterocycles. The van der Waals surface area contributed by atoms with E-state index in [-0.39, 0.29) is 6.73 Å². The van der Waals surface area contributed by atoms with E-state index in [9.17, 15) is 4.79 Å². The number of alkyl halides is 1. The van der Waals surface area contributed by atoms with Crippen LogP contribution in [0.15, 0.2) is 12.0 Å². The normalized spacial score (nSPS) is 20.5. The number of nitrogens with two attached hydrogens (primary N) is 1. The smallest absolute Gasteiger partial charge is 0.241 e. The van der Waals surface area contributed by atoms with Gasteiger partial charge in [0.15, 0.2) is 11.1 Å². The van der Waals surface area contributed by atoms with Crippen LogP contribution in [0.25, 0.3) is 0 Å². The summed E-state index contributed by atoms with van der Waals surface area (Å²) in [7, 11) is 1.51. The van der Waals surface area contributed by atoms with Gasteiger partial charge in [-0.3, -0.25) is 9.63 Å². The van der Waals surface area contributed by atoms with Gasteiger partial charge in [0.25, 0.3) is 0 Å². The number of rotatable bonds is 3. The SMILES string of the molecule is CON1C=C(C(C)(Br)C(N)=O)OC1. The van der Waals surface area contributed by atoms with Gasteiger partial charge >= 0.3 is 0 Å². The lowest BCUT2D eigenvalue weighted by Crippen LogP contribution is -2.37. The van der Waals surface area contributed by atoms with Gasteiger partial charge in [0.05, 0.1) is 13.3 Å². The van der Waals surface area contributed by atoms with Crippen molar-refractivity contribution in [2.75, 3.05) is 13.8 Å². The minimum Gasteiger partial charge on any atom is -0.472 e. The Morgan fingerprint density at radius 3 is 2.92 bits per heavy atom. The van der Waals surface area contributed by atoms with E-state index >= 15 is 0 Å². The van der Waals surface area contributed by atoms with Crippen LogP contribution in [0.3, 0.4) is 0 Å². The van der Waals surface area contributed by atoms with Crippen LogP contribution in [-0.2, 0) is 14.4 Å². The lowest BCUT2D eigenvalue weighted by atomic mass is 10.1. The summed E-state index contributed by atoms with van der Waals surface area (Å²) >= 11 is 3.18. The highest BCUT2D eigenvalue weighted by molar-refractivity contribution is 9.10.